The molecule has 2 N–H and O–H groups in total. The van der Waals surface area contributed by atoms with Crippen LogP contribution in [0.2, 0.25) is 0 Å². The Hall–Kier alpha value is -1.77. The summed E-state index contributed by atoms with van der Waals surface area (Å²) in [6.45, 7) is 8.07. The summed E-state index contributed by atoms with van der Waals surface area (Å²) in [5.74, 6) is 2.85. The maximum absolute atomic E-state index is 6.05. The highest BCUT2D eigenvalue weighted by Gasteiger charge is 2.28. The van der Waals surface area contributed by atoms with Crippen molar-refractivity contribution in [2.24, 2.45) is 29.6 Å². The molecule has 142 valence electrons. The van der Waals surface area contributed by atoms with E-state index in [1.54, 1.807) is 0 Å². The fraction of sp³-hybridized carbons (Fsp3) is 0.609. The van der Waals surface area contributed by atoms with E-state index in [9.17, 15) is 0 Å². The molecular formula is C23H35N3. The van der Waals surface area contributed by atoms with Crippen LogP contribution in [0.25, 0.3) is 0 Å². The molecule has 2 atom stereocenters. The fourth-order valence-electron chi connectivity index (χ4n) is 5.07. The first-order valence-electron chi connectivity index (χ1n) is 10.4. The van der Waals surface area contributed by atoms with E-state index < -0.39 is 0 Å². The number of nitrogens with two attached hydrogens (primary N) is 1. The molecule has 0 amide bonds. The molecule has 1 aromatic heterocycles. The maximum atomic E-state index is 6.05. The Balaban J connectivity index is 1.53. The molecule has 2 unspecified atom stereocenters. The Morgan fingerprint density at radius 1 is 1.23 bits per heavy atom. The number of hydrogen-bond donors (Lipinski definition) is 1. The molecule has 2 saturated carbocycles. The minimum absolute atomic E-state index is 0.548. The van der Waals surface area contributed by atoms with Gasteiger partial charge in [0.2, 0.25) is 0 Å². The highest BCUT2D eigenvalue weighted by atomic mass is 15.0. The zero-order chi connectivity index (χ0) is 18.5. The average Bonchev–Trinajstić information content (AvgIpc) is 3.27. The predicted octanol–water partition coefficient (Wildman–Crippen LogP) is 5.67. The van der Waals surface area contributed by atoms with E-state index in [0.29, 0.717) is 11.8 Å². The normalized spacial score (nSPS) is 24.7. The number of hydrogen-bond acceptors (Lipinski definition) is 1. The molecule has 0 bridgehead atoms. The number of allylic oxidation sites excluding steroid dienone is 1. The molecule has 3 nitrogen and oxygen atoms in total. The minimum Gasteiger partial charge on any atom is -0.382 e. The van der Waals surface area contributed by atoms with Crippen LogP contribution in [0.1, 0.15) is 81.5 Å². The van der Waals surface area contributed by atoms with E-state index in [2.05, 4.69) is 41.9 Å². The van der Waals surface area contributed by atoms with Gasteiger partial charge in [0, 0.05) is 18.9 Å². The second kappa shape index (κ2) is 8.75. The third-order valence-electron chi connectivity index (χ3n) is 6.67. The quantitative estimate of drug-likeness (QED) is 0.383. The van der Waals surface area contributed by atoms with Crippen LogP contribution in [0.4, 0.5) is 0 Å². The van der Waals surface area contributed by atoms with Gasteiger partial charge in [-0.3, -0.25) is 0 Å². The molecule has 2 fully saturated rings. The SMILES string of the molecule is C=C/N=C(/N)c1ccc(C2CCC(CCC(=C)C3CCCCC3)C2)n1C. The van der Waals surface area contributed by atoms with Crippen LogP contribution < -0.4 is 5.73 Å². The zero-order valence-electron chi connectivity index (χ0n) is 16.4. The van der Waals surface area contributed by atoms with E-state index in [4.69, 9.17) is 5.73 Å². The summed E-state index contributed by atoms with van der Waals surface area (Å²) >= 11 is 0. The predicted molar refractivity (Wildman–Crippen MR) is 111 cm³/mol. The third-order valence-corrected chi connectivity index (χ3v) is 6.67. The molecule has 3 heteroatoms. The summed E-state index contributed by atoms with van der Waals surface area (Å²) in [5.41, 5.74) is 9.97. The van der Waals surface area contributed by atoms with E-state index in [0.717, 1.165) is 17.5 Å². The summed E-state index contributed by atoms with van der Waals surface area (Å²) < 4.78 is 2.22. The Morgan fingerprint density at radius 2 is 2.00 bits per heavy atom. The Morgan fingerprint density at radius 3 is 2.73 bits per heavy atom. The molecular weight excluding hydrogens is 318 g/mol. The lowest BCUT2D eigenvalue weighted by molar-refractivity contribution is 0.384. The number of nitrogens with zero attached hydrogens (tertiary/aromatic N) is 2. The number of aliphatic imine (C=N–C) groups is 1. The molecule has 0 saturated heterocycles. The van der Waals surface area contributed by atoms with Gasteiger partial charge in [-0.25, -0.2) is 4.99 Å². The molecule has 0 aliphatic heterocycles. The van der Waals surface area contributed by atoms with Crippen LogP contribution >= 0.6 is 0 Å². The van der Waals surface area contributed by atoms with Crippen LogP contribution in [0.15, 0.2) is 42.1 Å². The first-order valence-corrected chi connectivity index (χ1v) is 10.4. The van der Waals surface area contributed by atoms with Gasteiger partial charge in [-0.05, 0) is 74.8 Å². The van der Waals surface area contributed by atoms with Gasteiger partial charge < -0.3 is 10.3 Å². The molecule has 0 aromatic carbocycles. The van der Waals surface area contributed by atoms with E-state index in [1.807, 2.05) is 0 Å². The van der Waals surface area contributed by atoms with Crippen molar-refractivity contribution in [2.45, 2.75) is 70.1 Å². The second-order valence-corrected chi connectivity index (χ2v) is 8.31. The van der Waals surface area contributed by atoms with Crippen LogP contribution in [0, 0.1) is 11.8 Å². The molecule has 0 spiro atoms. The topological polar surface area (TPSA) is 43.3 Å². The first kappa shape index (κ1) is 19.0. The second-order valence-electron chi connectivity index (χ2n) is 8.31. The van der Waals surface area contributed by atoms with Crippen molar-refractivity contribution in [3.63, 3.8) is 0 Å². The Kier molecular flexibility index (Phi) is 6.39. The van der Waals surface area contributed by atoms with Crippen LogP contribution in [0.3, 0.4) is 0 Å². The molecule has 1 aromatic rings. The number of rotatable bonds is 7. The van der Waals surface area contributed by atoms with Gasteiger partial charge in [0.15, 0.2) is 0 Å². The van der Waals surface area contributed by atoms with Crippen LogP contribution in [0.5, 0.6) is 0 Å². The van der Waals surface area contributed by atoms with Crippen molar-refractivity contribution in [1.29, 1.82) is 0 Å². The van der Waals surface area contributed by atoms with Crippen LogP contribution in [-0.2, 0) is 7.05 Å². The third kappa shape index (κ3) is 4.31. The number of amidine groups is 1. The molecule has 0 radical (unpaired) electrons. The standard InChI is InChI=1S/C23H35N3/c1-4-25-23(24)22-15-14-21(26(22)3)20-13-12-18(16-20)11-10-17(2)19-8-6-5-7-9-19/h4,14-15,18-20H,1-2,5-13,16H2,3H3,(H2,24,25). The highest BCUT2D eigenvalue weighted by Crippen LogP contribution is 2.42. The summed E-state index contributed by atoms with van der Waals surface area (Å²) in [6.07, 6.45) is 15.0. The van der Waals surface area contributed by atoms with Crippen molar-refractivity contribution in [3.8, 4) is 0 Å². The Labute approximate surface area is 159 Å². The van der Waals surface area contributed by atoms with Gasteiger partial charge in [0.05, 0.1) is 5.69 Å². The highest BCUT2D eigenvalue weighted by molar-refractivity contribution is 5.96. The summed E-state index contributed by atoms with van der Waals surface area (Å²) in [5, 5.41) is 0. The van der Waals surface area contributed by atoms with Gasteiger partial charge in [-0.1, -0.05) is 38.0 Å². The van der Waals surface area contributed by atoms with Gasteiger partial charge in [-0.2, -0.15) is 0 Å². The summed E-state index contributed by atoms with van der Waals surface area (Å²) in [6, 6.07) is 4.32. The molecule has 1 heterocycles. The molecule has 3 rings (SSSR count). The lowest BCUT2D eigenvalue weighted by atomic mass is 9.81. The lowest BCUT2D eigenvalue weighted by Gasteiger charge is -2.24. The van der Waals surface area contributed by atoms with Crippen molar-refractivity contribution < 1.29 is 0 Å². The van der Waals surface area contributed by atoms with E-state index >= 15 is 0 Å². The van der Waals surface area contributed by atoms with Crippen molar-refractivity contribution in [2.75, 3.05) is 0 Å². The largest absolute Gasteiger partial charge is 0.382 e. The van der Waals surface area contributed by atoms with Crippen molar-refractivity contribution in [1.82, 2.24) is 4.57 Å². The zero-order valence-corrected chi connectivity index (χ0v) is 16.4. The van der Waals surface area contributed by atoms with Gasteiger partial charge in [0.1, 0.15) is 5.84 Å². The lowest BCUT2D eigenvalue weighted by Crippen LogP contribution is -2.18. The molecule has 2 aliphatic rings. The maximum Gasteiger partial charge on any atom is 0.147 e. The smallest absolute Gasteiger partial charge is 0.147 e. The van der Waals surface area contributed by atoms with Crippen molar-refractivity contribution in [3.05, 3.63) is 48.5 Å². The minimum atomic E-state index is 0.548. The Bertz CT molecular complexity index is 661. The first-order chi connectivity index (χ1) is 12.6. The summed E-state index contributed by atoms with van der Waals surface area (Å²) in [4.78, 5) is 4.13. The average molecular weight is 354 g/mol. The monoisotopic (exact) mass is 353 g/mol. The molecule has 2 aliphatic carbocycles. The molecule has 26 heavy (non-hydrogen) atoms. The summed E-state index contributed by atoms with van der Waals surface area (Å²) in [7, 11) is 2.11. The van der Waals surface area contributed by atoms with Gasteiger partial charge in [-0.15, -0.1) is 0 Å². The number of aromatic nitrogens is 1. The van der Waals surface area contributed by atoms with Gasteiger partial charge >= 0.3 is 0 Å². The van der Waals surface area contributed by atoms with E-state index in [-0.39, 0.29) is 0 Å². The van der Waals surface area contributed by atoms with Crippen LogP contribution in [-0.4, -0.2) is 10.4 Å². The van der Waals surface area contributed by atoms with E-state index in [1.165, 1.54) is 81.7 Å². The fourth-order valence-corrected chi connectivity index (χ4v) is 5.07. The van der Waals surface area contributed by atoms with Crippen molar-refractivity contribution >= 4 is 5.84 Å². The van der Waals surface area contributed by atoms with Gasteiger partial charge in [0.25, 0.3) is 0 Å².